The van der Waals surface area contributed by atoms with Gasteiger partial charge in [0.05, 0.1) is 6.61 Å². The molecule has 0 heterocycles. The Labute approximate surface area is 104 Å². The van der Waals surface area contributed by atoms with Crippen LogP contribution >= 0.6 is 0 Å². The Morgan fingerprint density at radius 2 is 1.76 bits per heavy atom. The van der Waals surface area contributed by atoms with Crippen molar-refractivity contribution in [2.24, 2.45) is 5.73 Å². The third kappa shape index (κ3) is 4.36. The molecule has 0 amide bonds. The zero-order valence-electron chi connectivity index (χ0n) is 11.2. The van der Waals surface area contributed by atoms with Crippen molar-refractivity contribution in [3.05, 3.63) is 28.8 Å². The van der Waals surface area contributed by atoms with Crippen LogP contribution in [0.3, 0.4) is 0 Å². The Bertz CT molecular complexity index is 338. The van der Waals surface area contributed by atoms with Gasteiger partial charge in [0.1, 0.15) is 12.4 Å². The minimum atomic E-state index is 0.189. The molecule has 0 bridgehead atoms. The molecule has 96 valence electrons. The van der Waals surface area contributed by atoms with Crippen molar-refractivity contribution in [1.29, 1.82) is 0 Å². The third-order valence-corrected chi connectivity index (χ3v) is 2.61. The predicted octanol–water partition coefficient (Wildman–Crippen LogP) is 2.22. The van der Waals surface area contributed by atoms with E-state index >= 15 is 0 Å². The van der Waals surface area contributed by atoms with E-state index in [2.05, 4.69) is 26.0 Å². The summed E-state index contributed by atoms with van der Waals surface area (Å²) in [6.45, 7) is 7.36. The molecule has 0 saturated carbocycles. The number of rotatable bonds is 6. The summed E-state index contributed by atoms with van der Waals surface area (Å²) in [5, 5.41) is 0. The van der Waals surface area contributed by atoms with Crippen LogP contribution in [0.2, 0.25) is 0 Å². The molecule has 0 saturated heterocycles. The Morgan fingerprint density at radius 3 is 2.24 bits per heavy atom. The molecule has 0 aliphatic heterocycles. The van der Waals surface area contributed by atoms with Crippen LogP contribution in [0.25, 0.3) is 0 Å². The second kappa shape index (κ2) is 6.62. The molecule has 1 rings (SSSR count). The summed E-state index contributed by atoms with van der Waals surface area (Å²) in [5.74, 6) is 0.968. The zero-order valence-corrected chi connectivity index (χ0v) is 11.2. The first-order valence-corrected chi connectivity index (χ1v) is 6.02. The van der Waals surface area contributed by atoms with Gasteiger partial charge in [-0.1, -0.05) is 12.1 Å². The van der Waals surface area contributed by atoms with E-state index < -0.39 is 0 Å². The number of hydrogen-bond acceptors (Lipinski definition) is 3. The molecule has 0 fully saturated rings. The first-order valence-electron chi connectivity index (χ1n) is 6.02. The molecule has 0 spiro atoms. The highest BCUT2D eigenvalue weighted by molar-refractivity contribution is 5.43. The Kier molecular flexibility index (Phi) is 5.45. The molecule has 1 aromatic rings. The lowest BCUT2D eigenvalue weighted by Crippen LogP contribution is -2.18. The van der Waals surface area contributed by atoms with Gasteiger partial charge in [0.15, 0.2) is 0 Å². The lowest BCUT2D eigenvalue weighted by atomic mass is 10.0. The highest BCUT2D eigenvalue weighted by atomic mass is 16.5. The average molecular weight is 237 g/mol. The van der Waals surface area contributed by atoms with Crippen LogP contribution < -0.4 is 10.5 Å². The second-order valence-electron chi connectivity index (χ2n) is 4.58. The topological polar surface area (TPSA) is 44.5 Å². The smallest absolute Gasteiger partial charge is 0.125 e. The van der Waals surface area contributed by atoms with Crippen LogP contribution in [-0.2, 0) is 11.2 Å². The van der Waals surface area contributed by atoms with E-state index in [0.29, 0.717) is 13.2 Å². The minimum absolute atomic E-state index is 0.189. The van der Waals surface area contributed by atoms with Gasteiger partial charge in [-0.2, -0.15) is 0 Å². The number of ether oxygens (including phenoxy) is 2. The van der Waals surface area contributed by atoms with Crippen molar-refractivity contribution in [1.82, 2.24) is 0 Å². The van der Waals surface area contributed by atoms with Crippen molar-refractivity contribution in [3.8, 4) is 5.75 Å². The number of methoxy groups -OCH3 is 1. The van der Waals surface area contributed by atoms with Gasteiger partial charge in [-0.3, -0.25) is 0 Å². The van der Waals surface area contributed by atoms with Crippen LogP contribution in [0, 0.1) is 13.8 Å². The van der Waals surface area contributed by atoms with Crippen LogP contribution in [0.5, 0.6) is 5.75 Å². The van der Waals surface area contributed by atoms with Gasteiger partial charge in [0.2, 0.25) is 0 Å². The Morgan fingerprint density at radius 1 is 1.18 bits per heavy atom. The maximum absolute atomic E-state index is 5.81. The lowest BCUT2D eigenvalue weighted by Gasteiger charge is -2.14. The van der Waals surface area contributed by atoms with E-state index in [0.717, 1.165) is 23.3 Å². The largest absolute Gasteiger partial charge is 0.491 e. The molecule has 0 aliphatic rings. The van der Waals surface area contributed by atoms with Crippen LogP contribution in [0.4, 0.5) is 0 Å². The number of hydrogen-bond donors (Lipinski definition) is 1. The molecule has 17 heavy (non-hydrogen) atoms. The molecule has 1 aromatic carbocycles. The molecule has 3 nitrogen and oxygen atoms in total. The van der Waals surface area contributed by atoms with Gasteiger partial charge in [-0.15, -0.1) is 0 Å². The fraction of sp³-hybridized carbons (Fsp3) is 0.571. The number of nitrogens with two attached hydrogens (primary N) is 1. The molecule has 0 radical (unpaired) electrons. The van der Waals surface area contributed by atoms with Crippen molar-refractivity contribution >= 4 is 0 Å². The molecule has 0 aromatic heterocycles. The van der Waals surface area contributed by atoms with Gasteiger partial charge in [0, 0.05) is 13.2 Å². The van der Waals surface area contributed by atoms with Gasteiger partial charge >= 0.3 is 0 Å². The van der Waals surface area contributed by atoms with Gasteiger partial charge in [-0.05, 0) is 43.9 Å². The van der Waals surface area contributed by atoms with Crippen LogP contribution in [-0.4, -0.2) is 26.4 Å². The molecular formula is C14H23NO2. The Balaban J connectivity index is 2.79. The predicted molar refractivity (Wildman–Crippen MR) is 70.6 cm³/mol. The van der Waals surface area contributed by atoms with Crippen LogP contribution in [0.1, 0.15) is 23.6 Å². The fourth-order valence-electron chi connectivity index (χ4n) is 1.98. The Hall–Kier alpha value is -1.06. The molecule has 3 heteroatoms. The van der Waals surface area contributed by atoms with E-state index in [1.54, 1.807) is 7.11 Å². The number of benzene rings is 1. The van der Waals surface area contributed by atoms with Crippen LogP contribution in [0.15, 0.2) is 12.1 Å². The third-order valence-electron chi connectivity index (χ3n) is 2.61. The SMILES string of the molecule is COCCOc1c(C)cc(CC(C)N)cc1C. The fourth-order valence-corrected chi connectivity index (χ4v) is 1.98. The highest BCUT2D eigenvalue weighted by Crippen LogP contribution is 2.25. The first kappa shape index (κ1) is 14.0. The van der Waals surface area contributed by atoms with Gasteiger partial charge in [0.25, 0.3) is 0 Å². The molecule has 1 atom stereocenters. The molecule has 0 aliphatic carbocycles. The second-order valence-corrected chi connectivity index (χ2v) is 4.58. The molecular weight excluding hydrogens is 214 g/mol. The van der Waals surface area contributed by atoms with Crippen molar-refractivity contribution in [3.63, 3.8) is 0 Å². The van der Waals surface area contributed by atoms with E-state index in [4.69, 9.17) is 15.2 Å². The highest BCUT2D eigenvalue weighted by Gasteiger charge is 2.07. The average Bonchev–Trinajstić information content (AvgIpc) is 2.21. The summed E-state index contributed by atoms with van der Waals surface area (Å²) >= 11 is 0. The maximum Gasteiger partial charge on any atom is 0.125 e. The molecule has 1 unspecified atom stereocenters. The summed E-state index contributed by atoms with van der Waals surface area (Å²) in [4.78, 5) is 0. The summed E-state index contributed by atoms with van der Waals surface area (Å²) in [5.41, 5.74) is 9.41. The van der Waals surface area contributed by atoms with E-state index in [1.807, 2.05) is 6.92 Å². The molecule has 2 N–H and O–H groups in total. The minimum Gasteiger partial charge on any atom is -0.491 e. The summed E-state index contributed by atoms with van der Waals surface area (Å²) in [6.07, 6.45) is 0.903. The normalized spacial score (nSPS) is 12.5. The summed E-state index contributed by atoms with van der Waals surface area (Å²) in [7, 11) is 1.68. The standard InChI is InChI=1S/C14H23NO2/c1-10-7-13(9-12(3)15)8-11(2)14(10)17-6-5-16-4/h7-8,12H,5-6,9,15H2,1-4H3. The van der Waals surface area contributed by atoms with Crippen molar-refractivity contribution in [2.45, 2.75) is 33.2 Å². The van der Waals surface area contributed by atoms with Gasteiger partial charge < -0.3 is 15.2 Å². The van der Waals surface area contributed by atoms with E-state index in [1.165, 1.54) is 5.56 Å². The number of aryl methyl sites for hydroxylation is 2. The van der Waals surface area contributed by atoms with Crippen molar-refractivity contribution in [2.75, 3.05) is 20.3 Å². The van der Waals surface area contributed by atoms with E-state index in [9.17, 15) is 0 Å². The quantitative estimate of drug-likeness (QED) is 0.772. The first-order chi connectivity index (χ1) is 8.04. The zero-order chi connectivity index (χ0) is 12.8. The maximum atomic E-state index is 5.81. The monoisotopic (exact) mass is 237 g/mol. The summed E-state index contributed by atoms with van der Waals surface area (Å²) in [6, 6.07) is 4.49. The van der Waals surface area contributed by atoms with E-state index in [-0.39, 0.29) is 6.04 Å². The lowest BCUT2D eigenvalue weighted by molar-refractivity contribution is 0.145. The summed E-state index contributed by atoms with van der Waals surface area (Å²) < 4.78 is 10.7. The van der Waals surface area contributed by atoms with Gasteiger partial charge in [-0.25, -0.2) is 0 Å². The van der Waals surface area contributed by atoms with Crippen molar-refractivity contribution < 1.29 is 9.47 Å².